The molecule has 1 rings (SSSR count). The van der Waals surface area contributed by atoms with Crippen molar-refractivity contribution in [3.05, 3.63) is 29.6 Å². The van der Waals surface area contributed by atoms with Gasteiger partial charge in [0.2, 0.25) is 0 Å². The van der Waals surface area contributed by atoms with E-state index in [0.29, 0.717) is 0 Å². The zero-order valence-corrected chi connectivity index (χ0v) is 9.85. The third-order valence-electron chi connectivity index (χ3n) is 1.87. The highest BCUT2D eigenvalue weighted by Crippen LogP contribution is 2.21. The molecule has 1 aromatic carbocycles. The van der Waals surface area contributed by atoms with Crippen LogP contribution in [-0.2, 0) is 11.3 Å². The van der Waals surface area contributed by atoms with Gasteiger partial charge in [0.1, 0.15) is 5.82 Å². The van der Waals surface area contributed by atoms with Gasteiger partial charge in [-0.1, -0.05) is 12.8 Å². The summed E-state index contributed by atoms with van der Waals surface area (Å²) in [5.41, 5.74) is -0.0389. The van der Waals surface area contributed by atoms with E-state index in [1.807, 2.05) is 4.72 Å². The van der Waals surface area contributed by atoms with Crippen molar-refractivity contribution >= 4 is 35.7 Å². The number of rotatable bonds is 3. The number of thiol groups is 1. The number of anilines is 1. The molecule has 0 heterocycles. The Morgan fingerprint density at radius 2 is 2.25 bits per heavy atom. The topological polar surface area (TPSA) is 72.5 Å². The molecule has 0 aliphatic rings. The van der Waals surface area contributed by atoms with E-state index in [1.54, 1.807) is 0 Å². The lowest BCUT2D eigenvalue weighted by Crippen LogP contribution is -2.24. The Bertz CT molecular complexity index is 441. The van der Waals surface area contributed by atoms with Gasteiger partial charge in [-0.15, -0.1) is 0 Å². The maximum absolute atomic E-state index is 12.9. The highest BCUT2D eigenvalue weighted by atomic mass is 32.2. The molecule has 1 N–H and O–H groups in total. The second kappa shape index (κ2) is 5.28. The molecule has 0 spiro atoms. The molecule has 1 unspecified atom stereocenters. The summed E-state index contributed by atoms with van der Waals surface area (Å²) in [6, 6.07) is 3.20. The van der Waals surface area contributed by atoms with E-state index < -0.39 is 23.0 Å². The summed E-state index contributed by atoms with van der Waals surface area (Å²) >= 11 is 0.993. The average Bonchev–Trinajstić information content (AvgIpc) is 2.26. The second-order valence-electron chi connectivity index (χ2n) is 2.82. The summed E-state index contributed by atoms with van der Waals surface area (Å²) in [4.78, 5) is 11.3. The minimum Gasteiger partial charge on any atom is -0.755 e. The summed E-state index contributed by atoms with van der Waals surface area (Å²) in [5, 5.41) is 0. The molecule has 8 heteroatoms. The van der Waals surface area contributed by atoms with E-state index in [2.05, 4.69) is 12.8 Å². The SMILES string of the molecule is CN(c1ccc(F)cc1C(=O)NS)S(=O)[O-]. The van der Waals surface area contributed by atoms with Gasteiger partial charge in [-0.2, -0.15) is 0 Å². The van der Waals surface area contributed by atoms with Crippen LogP contribution in [0, 0.1) is 5.82 Å². The van der Waals surface area contributed by atoms with Crippen molar-refractivity contribution in [1.29, 1.82) is 0 Å². The van der Waals surface area contributed by atoms with Crippen molar-refractivity contribution in [2.24, 2.45) is 0 Å². The van der Waals surface area contributed by atoms with E-state index in [4.69, 9.17) is 0 Å². The number of hydrogen-bond donors (Lipinski definition) is 2. The normalized spacial score (nSPS) is 12.0. The largest absolute Gasteiger partial charge is 0.755 e. The Kier molecular flexibility index (Phi) is 4.27. The van der Waals surface area contributed by atoms with E-state index in [0.717, 1.165) is 16.4 Å². The Balaban J connectivity index is 3.27. The Morgan fingerprint density at radius 3 is 2.75 bits per heavy atom. The highest BCUT2D eigenvalue weighted by molar-refractivity contribution is 7.80. The summed E-state index contributed by atoms with van der Waals surface area (Å²) in [6.45, 7) is 0. The van der Waals surface area contributed by atoms with Crippen LogP contribution in [0.4, 0.5) is 10.1 Å². The fourth-order valence-electron chi connectivity index (χ4n) is 1.11. The standard InChI is InChI=1S/C8H9FN2O3S2/c1-11(16(13)14)7-3-2-5(9)4-6(7)8(12)10-15/h2-4,15H,1H3,(H,10,12)(H,13,14)/p-1. The smallest absolute Gasteiger partial charge is 0.263 e. The third-order valence-corrected chi connectivity index (χ3v) is 2.71. The van der Waals surface area contributed by atoms with Crippen LogP contribution < -0.4 is 9.03 Å². The number of hydrogen-bond acceptors (Lipinski definition) is 4. The minimum absolute atomic E-state index is 0.0706. The highest BCUT2D eigenvalue weighted by Gasteiger charge is 2.15. The molecule has 88 valence electrons. The van der Waals surface area contributed by atoms with E-state index in [9.17, 15) is 17.9 Å². The lowest BCUT2D eigenvalue weighted by atomic mass is 10.1. The predicted octanol–water partition coefficient (Wildman–Crippen LogP) is 0.631. The van der Waals surface area contributed by atoms with Gasteiger partial charge >= 0.3 is 0 Å². The Morgan fingerprint density at radius 1 is 1.62 bits per heavy atom. The van der Waals surface area contributed by atoms with Crippen LogP contribution >= 0.6 is 12.8 Å². The molecule has 5 nitrogen and oxygen atoms in total. The summed E-state index contributed by atoms with van der Waals surface area (Å²) in [7, 11) is 1.24. The van der Waals surface area contributed by atoms with E-state index in [1.165, 1.54) is 13.1 Å². The Labute approximate surface area is 99.6 Å². The van der Waals surface area contributed by atoms with Crippen molar-refractivity contribution in [2.75, 3.05) is 11.4 Å². The van der Waals surface area contributed by atoms with Gasteiger partial charge in [-0.05, 0) is 18.2 Å². The van der Waals surface area contributed by atoms with Crippen molar-refractivity contribution in [3.63, 3.8) is 0 Å². The maximum Gasteiger partial charge on any atom is 0.263 e. The summed E-state index contributed by atoms with van der Waals surface area (Å²) < 4.78 is 37.2. The third kappa shape index (κ3) is 2.71. The molecule has 0 bridgehead atoms. The molecule has 1 atom stereocenters. The zero-order valence-electron chi connectivity index (χ0n) is 8.14. The van der Waals surface area contributed by atoms with E-state index in [-0.39, 0.29) is 11.3 Å². The number of carbonyl (C=O) groups excluding carboxylic acids is 1. The number of halogens is 1. The number of nitrogens with zero attached hydrogens (tertiary/aromatic N) is 1. The van der Waals surface area contributed by atoms with Gasteiger partial charge < -0.3 is 8.86 Å². The van der Waals surface area contributed by atoms with Crippen LogP contribution in [0.15, 0.2) is 18.2 Å². The van der Waals surface area contributed by atoms with E-state index >= 15 is 0 Å². The lowest BCUT2D eigenvalue weighted by Gasteiger charge is -2.23. The first kappa shape index (κ1) is 12.9. The van der Waals surface area contributed by atoms with Crippen LogP contribution in [0.2, 0.25) is 0 Å². The summed E-state index contributed by atoms with van der Waals surface area (Å²) in [6.07, 6.45) is 0. The molecule has 1 amide bonds. The summed E-state index contributed by atoms with van der Waals surface area (Å²) in [5.74, 6) is -1.32. The molecular weight excluding hydrogens is 255 g/mol. The Hall–Kier alpha value is -1.12. The van der Waals surface area contributed by atoms with Crippen molar-refractivity contribution in [2.45, 2.75) is 0 Å². The quantitative estimate of drug-likeness (QED) is 0.620. The van der Waals surface area contributed by atoms with Gasteiger partial charge in [0.15, 0.2) is 0 Å². The molecular formula is C8H8FN2O3S2-. The van der Waals surface area contributed by atoms with Gasteiger partial charge in [0.25, 0.3) is 5.91 Å². The molecule has 0 radical (unpaired) electrons. The number of nitrogens with one attached hydrogen (secondary N) is 1. The number of benzene rings is 1. The molecule has 0 aliphatic heterocycles. The minimum atomic E-state index is -2.54. The predicted molar refractivity (Wildman–Crippen MR) is 60.2 cm³/mol. The van der Waals surface area contributed by atoms with Crippen LogP contribution in [0.25, 0.3) is 0 Å². The molecule has 0 aliphatic carbocycles. The monoisotopic (exact) mass is 263 g/mol. The maximum atomic E-state index is 12.9. The molecule has 0 aromatic heterocycles. The van der Waals surface area contributed by atoms with Gasteiger partial charge in [-0.25, -0.2) is 4.39 Å². The first-order valence-corrected chi connectivity index (χ1v) is 5.52. The fraction of sp³-hybridized carbons (Fsp3) is 0.125. The van der Waals surface area contributed by atoms with Crippen LogP contribution in [0.1, 0.15) is 10.4 Å². The van der Waals surface area contributed by atoms with Crippen LogP contribution in [0.3, 0.4) is 0 Å². The number of amides is 1. The molecule has 0 fully saturated rings. The number of carbonyl (C=O) groups is 1. The van der Waals surface area contributed by atoms with Crippen molar-refractivity contribution in [3.8, 4) is 0 Å². The molecule has 1 aromatic rings. The van der Waals surface area contributed by atoms with Crippen LogP contribution in [0.5, 0.6) is 0 Å². The van der Waals surface area contributed by atoms with Gasteiger partial charge in [0, 0.05) is 18.3 Å². The van der Waals surface area contributed by atoms with Crippen molar-refractivity contribution < 1.29 is 17.9 Å². The van der Waals surface area contributed by atoms with Crippen molar-refractivity contribution in [1.82, 2.24) is 4.72 Å². The molecule has 0 saturated heterocycles. The zero-order chi connectivity index (χ0) is 12.3. The average molecular weight is 263 g/mol. The fourth-order valence-corrected chi connectivity index (χ4v) is 1.55. The second-order valence-corrected chi connectivity index (χ2v) is 4.02. The van der Waals surface area contributed by atoms with Gasteiger partial charge in [-0.3, -0.25) is 13.7 Å². The van der Waals surface area contributed by atoms with Crippen LogP contribution in [-0.4, -0.2) is 21.7 Å². The lowest BCUT2D eigenvalue weighted by molar-refractivity contribution is 0.0985. The van der Waals surface area contributed by atoms with Gasteiger partial charge in [0.05, 0.1) is 11.3 Å². The molecule has 16 heavy (non-hydrogen) atoms. The first-order chi connectivity index (χ1) is 7.47. The molecule has 0 saturated carbocycles. The first-order valence-electron chi connectivity index (χ1n) is 4.04.